The standard InChI is InChI=1S/C8H8.Na.HO3S/c1-2-8-6-4-3-5-7-8;;1-4(2)3/h2-7H,1H2;;(H,1,2,3)/q;+1;-1. The van der Waals surface area contributed by atoms with Crippen LogP contribution in [0, 0.1) is 0 Å². The fraction of sp³-hybridized carbons (Fsp3) is 0. The van der Waals surface area contributed by atoms with E-state index in [4.69, 9.17) is 13.0 Å². The minimum absolute atomic E-state index is 0. The van der Waals surface area contributed by atoms with Gasteiger partial charge in [-0.3, -0.25) is 0 Å². The Hall–Kier alpha value is -0.130. The van der Waals surface area contributed by atoms with E-state index in [0.29, 0.717) is 0 Å². The van der Waals surface area contributed by atoms with E-state index in [1.165, 1.54) is 5.56 Å². The summed E-state index contributed by atoms with van der Waals surface area (Å²) in [7, 11) is -2.86. The van der Waals surface area contributed by atoms with Crippen molar-refractivity contribution in [2.45, 2.75) is 0 Å². The zero-order valence-corrected chi connectivity index (χ0v) is 10.2. The topological polar surface area (TPSA) is 54.4 Å². The van der Waals surface area contributed by atoms with Gasteiger partial charge in [0.2, 0.25) is 0 Å². The first kappa shape index (κ1) is 15.3. The van der Waals surface area contributed by atoms with Gasteiger partial charge in [-0.1, -0.05) is 43.0 Å². The molecule has 0 aliphatic heterocycles. The number of hydrogen-bond acceptors (Lipinski definition) is 3. The molecule has 0 atom stereocenters. The molecule has 3 nitrogen and oxygen atoms in total. The normalized spacial score (nSPS) is 7.85. The van der Waals surface area contributed by atoms with Crippen molar-refractivity contribution in [3.8, 4) is 0 Å². The van der Waals surface area contributed by atoms with Crippen LogP contribution in [0.3, 0.4) is 0 Å². The van der Waals surface area contributed by atoms with Crippen LogP contribution in [0.4, 0.5) is 0 Å². The van der Waals surface area contributed by atoms with Crippen LogP contribution >= 0.6 is 0 Å². The zero-order valence-electron chi connectivity index (χ0n) is 7.34. The molecule has 0 amide bonds. The van der Waals surface area contributed by atoms with E-state index < -0.39 is 11.0 Å². The molecule has 0 fully saturated rings. The number of rotatable bonds is 1. The molecule has 1 aromatic carbocycles. The average Bonchev–Trinajstić information content (AvgIpc) is 2.05. The average molecular weight is 208 g/mol. The SMILES string of the molecule is C=Cc1ccccc1.O=[S-](=O)O.[Na+]. The molecular formula is C8H9NaO3S. The Kier molecular flexibility index (Phi) is 11.8. The zero-order chi connectivity index (χ0) is 9.40. The van der Waals surface area contributed by atoms with E-state index in [9.17, 15) is 0 Å². The molecule has 0 bridgehead atoms. The molecule has 0 radical (unpaired) electrons. The fourth-order valence-corrected chi connectivity index (χ4v) is 0.589. The number of hydrogen-bond donors (Lipinski definition) is 1. The summed E-state index contributed by atoms with van der Waals surface area (Å²) in [5, 5.41) is 0. The Bertz CT molecular complexity index is 288. The summed E-state index contributed by atoms with van der Waals surface area (Å²) in [5.74, 6) is 0. The third-order valence-corrected chi connectivity index (χ3v) is 1.04. The second-order valence-corrected chi connectivity index (χ2v) is 2.27. The van der Waals surface area contributed by atoms with Gasteiger partial charge < -0.3 is 13.0 Å². The molecule has 0 aliphatic carbocycles. The molecule has 13 heavy (non-hydrogen) atoms. The maximum absolute atomic E-state index is 8.56. The van der Waals surface area contributed by atoms with Gasteiger partial charge >= 0.3 is 29.6 Å². The Labute approximate surface area is 102 Å². The second-order valence-electron chi connectivity index (χ2n) is 1.83. The van der Waals surface area contributed by atoms with E-state index in [1.807, 2.05) is 36.4 Å². The van der Waals surface area contributed by atoms with E-state index in [2.05, 4.69) is 6.58 Å². The van der Waals surface area contributed by atoms with Gasteiger partial charge in [-0.2, -0.15) is 0 Å². The van der Waals surface area contributed by atoms with Crippen molar-refractivity contribution < 1.29 is 42.5 Å². The second kappa shape index (κ2) is 9.95. The first-order chi connectivity index (χ1) is 5.66. The summed E-state index contributed by atoms with van der Waals surface area (Å²) in [6.07, 6.45) is 1.83. The summed E-state index contributed by atoms with van der Waals surface area (Å²) in [6, 6.07) is 10.0. The van der Waals surface area contributed by atoms with Gasteiger partial charge in [-0.25, -0.2) is 0 Å². The van der Waals surface area contributed by atoms with Gasteiger partial charge in [0, 0.05) is 11.0 Å². The van der Waals surface area contributed by atoms with Gasteiger partial charge in [0.25, 0.3) is 0 Å². The van der Waals surface area contributed by atoms with Gasteiger partial charge in [0.1, 0.15) is 0 Å². The largest absolute Gasteiger partial charge is 1.00 e. The van der Waals surface area contributed by atoms with E-state index in [-0.39, 0.29) is 29.6 Å². The minimum Gasteiger partial charge on any atom is -0.439 e. The molecule has 1 rings (SSSR count). The Balaban J connectivity index is 0. The van der Waals surface area contributed by atoms with Crippen molar-refractivity contribution in [1.82, 2.24) is 0 Å². The third-order valence-electron chi connectivity index (χ3n) is 1.04. The maximum Gasteiger partial charge on any atom is 1.00 e. The van der Waals surface area contributed by atoms with Crippen molar-refractivity contribution in [3.05, 3.63) is 42.5 Å². The monoisotopic (exact) mass is 208 g/mol. The van der Waals surface area contributed by atoms with Crippen LogP contribution in [0.1, 0.15) is 5.56 Å². The predicted molar refractivity (Wildman–Crippen MR) is 47.9 cm³/mol. The molecule has 66 valence electrons. The molecule has 5 heteroatoms. The Morgan fingerprint density at radius 3 is 1.85 bits per heavy atom. The van der Waals surface area contributed by atoms with Crippen LogP contribution in [0.2, 0.25) is 0 Å². The van der Waals surface area contributed by atoms with Crippen molar-refractivity contribution in [2.75, 3.05) is 0 Å². The molecule has 0 saturated carbocycles. The van der Waals surface area contributed by atoms with Crippen LogP contribution < -0.4 is 29.6 Å². The smallest absolute Gasteiger partial charge is 0.439 e. The third kappa shape index (κ3) is 11.9. The van der Waals surface area contributed by atoms with Crippen molar-refractivity contribution in [2.24, 2.45) is 0 Å². The molecular weight excluding hydrogens is 199 g/mol. The maximum atomic E-state index is 8.56. The number of benzene rings is 1. The van der Waals surface area contributed by atoms with Crippen LogP contribution in [-0.2, 0) is 19.4 Å². The molecule has 0 unspecified atom stereocenters. The summed E-state index contributed by atoms with van der Waals surface area (Å²) >= 11 is 0. The predicted octanol–water partition coefficient (Wildman–Crippen LogP) is -0.898. The van der Waals surface area contributed by atoms with Crippen molar-refractivity contribution in [1.29, 1.82) is 0 Å². The van der Waals surface area contributed by atoms with Crippen molar-refractivity contribution in [3.63, 3.8) is 0 Å². The van der Waals surface area contributed by atoms with Crippen molar-refractivity contribution >= 4 is 17.1 Å². The molecule has 0 aliphatic rings. The van der Waals surface area contributed by atoms with E-state index in [1.54, 1.807) is 0 Å². The van der Waals surface area contributed by atoms with Gasteiger partial charge in [0.05, 0.1) is 0 Å². The quantitative estimate of drug-likeness (QED) is 0.282. The van der Waals surface area contributed by atoms with Gasteiger partial charge in [0.15, 0.2) is 0 Å². The van der Waals surface area contributed by atoms with Crippen LogP contribution in [0.15, 0.2) is 36.9 Å². The van der Waals surface area contributed by atoms with Crippen LogP contribution in [0.25, 0.3) is 6.08 Å². The first-order valence-corrected chi connectivity index (χ1v) is 4.16. The molecule has 1 aromatic rings. The summed E-state index contributed by atoms with van der Waals surface area (Å²) in [5.41, 5.74) is 1.17. The summed E-state index contributed by atoms with van der Waals surface area (Å²) in [4.78, 5) is 0. The van der Waals surface area contributed by atoms with E-state index >= 15 is 0 Å². The van der Waals surface area contributed by atoms with E-state index in [0.717, 1.165) is 0 Å². The molecule has 0 spiro atoms. The first-order valence-electron chi connectivity index (χ1n) is 3.12. The Morgan fingerprint density at radius 1 is 1.23 bits per heavy atom. The summed E-state index contributed by atoms with van der Waals surface area (Å²) < 4.78 is 24.1. The molecule has 0 aromatic heterocycles. The van der Waals surface area contributed by atoms with Gasteiger partial charge in [-0.15, -0.1) is 0 Å². The Morgan fingerprint density at radius 2 is 1.62 bits per heavy atom. The summed E-state index contributed by atoms with van der Waals surface area (Å²) in [6.45, 7) is 3.63. The molecule has 1 N–H and O–H groups in total. The molecule has 0 saturated heterocycles. The van der Waals surface area contributed by atoms with Crippen LogP contribution in [0.5, 0.6) is 0 Å². The van der Waals surface area contributed by atoms with Crippen LogP contribution in [-0.4, -0.2) is 4.55 Å². The molecule has 0 heterocycles. The minimum atomic E-state index is -2.86. The fourth-order valence-electron chi connectivity index (χ4n) is 0.589. The van der Waals surface area contributed by atoms with Gasteiger partial charge in [-0.05, 0) is 5.56 Å².